The summed E-state index contributed by atoms with van der Waals surface area (Å²) in [7, 11) is 0. The summed E-state index contributed by atoms with van der Waals surface area (Å²) in [4.78, 5) is 36.8. The van der Waals surface area contributed by atoms with Gasteiger partial charge < -0.3 is 10.0 Å². The fourth-order valence-corrected chi connectivity index (χ4v) is 3.65. The minimum atomic E-state index is -1.08. The Kier molecular flexibility index (Phi) is 4.67. The van der Waals surface area contributed by atoms with E-state index in [9.17, 15) is 19.5 Å². The lowest BCUT2D eigenvalue weighted by Crippen LogP contribution is -2.46. The van der Waals surface area contributed by atoms with Crippen molar-refractivity contribution in [3.8, 4) is 0 Å². The van der Waals surface area contributed by atoms with Gasteiger partial charge in [-0.1, -0.05) is 44.2 Å². The Balaban J connectivity index is 2.28. The molecule has 1 aliphatic heterocycles. The second-order valence-corrected chi connectivity index (χ2v) is 6.30. The third-order valence-corrected chi connectivity index (χ3v) is 4.71. The highest BCUT2D eigenvalue weighted by atomic mass is 32.2. The molecule has 2 unspecified atom stereocenters. The average Bonchev–Trinajstić information content (AvgIpc) is 2.91. The smallest absolute Gasteiger partial charge is 0.327 e. The Morgan fingerprint density at radius 2 is 1.86 bits per heavy atom. The normalized spacial score (nSPS) is 21.6. The number of amides is 1. The number of hydrogen-bond acceptors (Lipinski definition) is 4. The van der Waals surface area contributed by atoms with Gasteiger partial charge in [0.15, 0.2) is 0 Å². The van der Waals surface area contributed by atoms with E-state index in [4.69, 9.17) is 0 Å². The zero-order valence-corrected chi connectivity index (χ0v) is 12.7. The Labute approximate surface area is 127 Å². The van der Waals surface area contributed by atoms with Gasteiger partial charge in [0.2, 0.25) is 5.78 Å². The van der Waals surface area contributed by atoms with E-state index in [2.05, 4.69) is 0 Å². The Morgan fingerprint density at radius 3 is 2.38 bits per heavy atom. The molecule has 1 aromatic rings. The number of aliphatic carboxylic acids is 1. The summed E-state index contributed by atoms with van der Waals surface area (Å²) in [5, 5.41) is 9.11. The molecule has 1 N–H and O–H groups in total. The fraction of sp³-hybridized carbons (Fsp3) is 0.400. The maximum Gasteiger partial charge on any atom is 0.327 e. The van der Waals surface area contributed by atoms with Crippen molar-refractivity contribution in [2.45, 2.75) is 25.1 Å². The van der Waals surface area contributed by atoms with Crippen molar-refractivity contribution in [2.24, 2.45) is 5.92 Å². The van der Waals surface area contributed by atoms with Crippen LogP contribution in [-0.4, -0.2) is 39.6 Å². The number of thioether (sulfide) groups is 1. The maximum absolute atomic E-state index is 12.2. The van der Waals surface area contributed by atoms with E-state index in [1.54, 1.807) is 13.8 Å². The molecule has 2 atom stereocenters. The molecule has 0 spiro atoms. The van der Waals surface area contributed by atoms with Gasteiger partial charge in [0.25, 0.3) is 5.91 Å². The Hall–Kier alpha value is -1.82. The molecule has 1 fully saturated rings. The van der Waals surface area contributed by atoms with Crippen LogP contribution in [-0.2, 0) is 14.4 Å². The van der Waals surface area contributed by atoms with Crippen molar-refractivity contribution < 1.29 is 19.5 Å². The zero-order chi connectivity index (χ0) is 15.6. The number of carbonyl (C=O) groups is 3. The topological polar surface area (TPSA) is 74.7 Å². The minimum Gasteiger partial charge on any atom is -0.480 e. The molecule has 0 saturated carbocycles. The minimum absolute atomic E-state index is 0.216. The van der Waals surface area contributed by atoms with Crippen LogP contribution in [0.15, 0.2) is 30.3 Å². The van der Waals surface area contributed by atoms with E-state index in [0.717, 1.165) is 5.56 Å². The molecule has 2 rings (SSSR count). The molecule has 1 saturated heterocycles. The number of Topliss-reactive ketones (excluding diaryl/α,β-unsaturated/α-hetero) is 1. The summed E-state index contributed by atoms with van der Waals surface area (Å²) in [5.74, 6) is -2.56. The lowest BCUT2D eigenvalue weighted by Gasteiger charge is -2.23. The number of ketones is 1. The molecule has 1 heterocycles. The van der Waals surface area contributed by atoms with Crippen LogP contribution < -0.4 is 0 Å². The van der Waals surface area contributed by atoms with Gasteiger partial charge in [0.1, 0.15) is 6.04 Å². The monoisotopic (exact) mass is 307 g/mol. The average molecular weight is 307 g/mol. The fourth-order valence-electron chi connectivity index (χ4n) is 2.25. The van der Waals surface area contributed by atoms with E-state index in [-0.39, 0.29) is 11.1 Å². The van der Waals surface area contributed by atoms with E-state index in [1.165, 1.54) is 16.7 Å². The first-order valence-corrected chi connectivity index (χ1v) is 7.72. The van der Waals surface area contributed by atoms with Crippen LogP contribution in [0.2, 0.25) is 0 Å². The van der Waals surface area contributed by atoms with Crippen molar-refractivity contribution in [1.82, 2.24) is 4.90 Å². The lowest BCUT2D eigenvalue weighted by atomic mass is 10.0. The second kappa shape index (κ2) is 6.30. The summed E-state index contributed by atoms with van der Waals surface area (Å²) < 4.78 is 0. The van der Waals surface area contributed by atoms with Crippen LogP contribution in [0.1, 0.15) is 24.7 Å². The number of benzene rings is 1. The van der Waals surface area contributed by atoms with Crippen molar-refractivity contribution in [3.63, 3.8) is 0 Å². The van der Waals surface area contributed by atoms with Crippen molar-refractivity contribution in [1.29, 1.82) is 0 Å². The van der Waals surface area contributed by atoms with Gasteiger partial charge in [0, 0.05) is 5.92 Å². The molecule has 1 aromatic carbocycles. The number of carbonyl (C=O) groups excluding carboxylic acids is 2. The van der Waals surface area contributed by atoms with Gasteiger partial charge in [-0.05, 0) is 5.56 Å². The van der Waals surface area contributed by atoms with Crippen LogP contribution in [0.3, 0.4) is 0 Å². The third kappa shape index (κ3) is 3.10. The SMILES string of the molecule is CC(C)C(=O)C(=O)N1CSC(c2ccccc2)C1C(=O)O. The Morgan fingerprint density at radius 1 is 1.24 bits per heavy atom. The molecule has 112 valence electrons. The summed E-state index contributed by atoms with van der Waals surface area (Å²) in [6, 6.07) is 8.19. The predicted octanol–water partition coefficient (Wildman–Crippen LogP) is 1.94. The molecule has 0 radical (unpaired) electrons. The number of carboxylic acid groups (broad SMARTS) is 1. The van der Waals surface area contributed by atoms with E-state index < -0.39 is 29.6 Å². The molecule has 0 aliphatic carbocycles. The first-order valence-electron chi connectivity index (χ1n) is 6.67. The standard InChI is InChI=1S/C15H17NO4S/c1-9(2)12(17)14(18)16-8-21-13(11(16)15(19)20)10-6-4-3-5-7-10/h3-7,9,11,13H,8H2,1-2H3,(H,19,20). The van der Waals surface area contributed by atoms with Crippen LogP contribution in [0.4, 0.5) is 0 Å². The van der Waals surface area contributed by atoms with Gasteiger partial charge in [-0.25, -0.2) is 4.79 Å². The highest BCUT2D eigenvalue weighted by Gasteiger charge is 2.45. The molecular formula is C15H17NO4S. The highest BCUT2D eigenvalue weighted by Crippen LogP contribution is 2.41. The lowest BCUT2D eigenvalue weighted by molar-refractivity contribution is -0.153. The third-order valence-electron chi connectivity index (χ3n) is 3.39. The van der Waals surface area contributed by atoms with E-state index >= 15 is 0 Å². The predicted molar refractivity (Wildman–Crippen MR) is 79.8 cm³/mol. The van der Waals surface area contributed by atoms with Gasteiger partial charge >= 0.3 is 5.97 Å². The van der Waals surface area contributed by atoms with Crippen LogP contribution in [0, 0.1) is 5.92 Å². The van der Waals surface area contributed by atoms with Crippen LogP contribution in [0.25, 0.3) is 0 Å². The molecule has 5 nitrogen and oxygen atoms in total. The molecule has 0 bridgehead atoms. The van der Waals surface area contributed by atoms with Gasteiger partial charge in [-0.3, -0.25) is 9.59 Å². The summed E-state index contributed by atoms with van der Waals surface area (Å²) in [6.07, 6.45) is 0. The molecule has 21 heavy (non-hydrogen) atoms. The summed E-state index contributed by atoms with van der Waals surface area (Å²) in [6.45, 7) is 3.27. The van der Waals surface area contributed by atoms with Gasteiger partial charge in [-0.15, -0.1) is 11.8 Å². The summed E-state index contributed by atoms with van der Waals surface area (Å²) in [5.41, 5.74) is 0.849. The van der Waals surface area contributed by atoms with Crippen molar-refractivity contribution >= 4 is 29.4 Å². The molecule has 6 heteroatoms. The van der Waals surface area contributed by atoms with Crippen LogP contribution >= 0.6 is 11.8 Å². The second-order valence-electron chi connectivity index (χ2n) is 5.20. The maximum atomic E-state index is 12.2. The van der Waals surface area contributed by atoms with Crippen LogP contribution in [0.5, 0.6) is 0 Å². The first kappa shape index (κ1) is 15.6. The molecule has 1 aliphatic rings. The quantitative estimate of drug-likeness (QED) is 0.860. The van der Waals surface area contributed by atoms with Gasteiger partial charge in [-0.2, -0.15) is 0 Å². The number of nitrogens with zero attached hydrogens (tertiary/aromatic N) is 1. The largest absolute Gasteiger partial charge is 0.480 e. The number of hydrogen-bond donors (Lipinski definition) is 1. The number of rotatable bonds is 4. The number of carboxylic acids is 1. The first-order chi connectivity index (χ1) is 9.93. The van der Waals surface area contributed by atoms with Gasteiger partial charge in [0.05, 0.1) is 11.1 Å². The van der Waals surface area contributed by atoms with E-state index in [1.807, 2.05) is 30.3 Å². The van der Waals surface area contributed by atoms with Crippen molar-refractivity contribution in [3.05, 3.63) is 35.9 Å². The molecule has 0 aromatic heterocycles. The van der Waals surface area contributed by atoms with E-state index in [0.29, 0.717) is 0 Å². The highest BCUT2D eigenvalue weighted by molar-refractivity contribution is 7.99. The van der Waals surface area contributed by atoms with Crippen molar-refractivity contribution in [2.75, 3.05) is 5.88 Å². The zero-order valence-electron chi connectivity index (χ0n) is 11.9. The Bertz CT molecular complexity index is 558. The molecular weight excluding hydrogens is 290 g/mol. The summed E-state index contributed by atoms with van der Waals surface area (Å²) >= 11 is 1.37. The molecule has 1 amide bonds.